The van der Waals surface area contributed by atoms with Crippen LogP contribution in [-0.4, -0.2) is 25.9 Å². The second-order valence-corrected chi connectivity index (χ2v) is 7.13. The molecule has 0 bridgehead atoms. The topological polar surface area (TPSA) is 187 Å². The predicted molar refractivity (Wildman–Crippen MR) is 85.8 cm³/mol. The number of nitrogens with two attached hydrogens (primary N) is 3. The lowest BCUT2D eigenvalue weighted by Crippen LogP contribution is -2.03. The van der Waals surface area contributed by atoms with Crippen LogP contribution in [0, 0.1) is 0 Å². The number of anilines is 3. The van der Waals surface area contributed by atoms with Gasteiger partial charge in [0.15, 0.2) is 0 Å². The summed E-state index contributed by atoms with van der Waals surface area (Å²) in [7, 11) is -8.31. The first-order valence-electron chi connectivity index (χ1n) is 5.87. The highest BCUT2D eigenvalue weighted by atomic mass is 32.2. The highest BCUT2D eigenvalue weighted by Gasteiger charge is 2.12. The van der Waals surface area contributed by atoms with Crippen molar-refractivity contribution in [3.63, 3.8) is 0 Å². The van der Waals surface area contributed by atoms with Crippen molar-refractivity contribution in [3.05, 3.63) is 42.5 Å². The Morgan fingerprint density at radius 2 is 1.17 bits per heavy atom. The molecule has 0 heterocycles. The van der Waals surface area contributed by atoms with E-state index >= 15 is 0 Å². The second kappa shape index (κ2) is 6.83. The first-order valence-corrected chi connectivity index (χ1v) is 8.75. The van der Waals surface area contributed by atoms with Gasteiger partial charge in [-0.25, -0.2) is 0 Å². The highest BCUT2D eigenvalue weighted by molar-refractivity contribution is 7.86. The van der Waals surface area contributed by atoms with Crippen LogP contribution in [0.5, 0.6) is 0 Å². The quantitative estimate of drug-likeness (QED) is 0.377. The van der Waals surface area contributed by atoms with Gasteiger partial charge in [0.1, 0.15) is 4.90 Å². The Kier molecular flexibility index (Phi) is 5.56. The Labute approximate surface area is 133 Å². The summed E-state index contributed by atoms with van der Waals surface area (Å²) >= 11 is 0. The highest BCUT2D eigenvalue weighted by Crippen LogP contribution is 2.20. The maximum atomic E-state index is 10.6. The number of nitrogen functional groups attached to an aromatic ring is 3. The Morgan fingerprint density at radius 3 is 1.57 bits per heavy atom. The van der Waals surface area contributed by atoms with E-state index in [4.69, 9.17) is 26.3 Å². The van der Waals surface area contributed by atoms with Crippen LogP contribution in [0.1, 0.15) is 0 Å². The molecule has 11 heteroatoms. The minimum absolute atomic E-state index is 0.0579. The maximum Gasteiger partial charge on any atom is 0.296 e. The Balaban J connectivity index is 0.000000231. The third-order valence-corrected chi connectivity index (χ3v) is 4.29. The molecular weight excluding hydrogens is 346 g/mol. The molecule has 0 spiro atoms. The van der Waals surface area contributed by atoms with Crippen molar-refractivity contribution < 1.29 is 25.9 Å². The van der Waals surface area contributed by atoms with Gasteiger partial charge in [-0.2, -0.15) is 16.8 Å². The zero-order chi connectivity index (χ0) is 17.8. The summed E-state index contributed by atoms with van der Waals surface area (Å²) in [6, 6.07) is 9.06. The summed E-state index contributed by atoms with van der Waals surface area (Å²) in [5, 5.41) is 0. The molecule has 0 fully saturated rings. The molecule has 0 saturated heterocycles. The number of benzene rings is 2. The van der Waals surface area contributed by atoms with Crippen molar-refractivity contribution >= 4 is 37.3 Å². The van der Waals surface area contributed by atoms with E-state index in [1.165, 1.54) is 36.4 Å². The van der Waals surface area contributed by atoms with Crippen LogP contribution in [0.3, 0.4) is 0 Å². The van der Waals surface area contributed by atoms with Crippen molar-refractivity contribution in [2.24, 2.45) is 0 Å². The van der Waals surface area contributed by atoms with Crippen molar-refractivity contribution in [1.82, 2.24) is 0 Å². The summed E-state index contributed by atoms with van der Waals surface area (Å²) < 4.78 is 59.2. The van der Waals surface area contributed by atoms with Gasteiger partial charge in [0.25, 0.3) is 20.2 Å². The number of rotatable bonds is 2. The minimum Gasteiger partial charge on any atom is -0.399 e. The molecule has 0 aliphatic heterocycles. The van der Waals surface area contributed by atoms with Gasteiger partial charge in [0, 0.05) is 11.4 Å². The predicted octanol–water partition coefficient (Wildman–Crippen LogP) is 0.613. The summed E-state index contributed by atoms with van der Waals surface area (Å²) in [6.07, 6.45) is 0. The Morgan fingerprint density at radius 1 is 0.696 bits per heavy atom. The molecule has 0 aliphatic rings. The van der Waals surface area contributed by atoms with Crippen LogP contribution in [0.4, 0.5) is 17.1 Å². The summed E-state index contributed by atoms with van der Waals surface area (Å²) in [4.78, 5) is -0.469. The molecule has 126 valence electrons. The Hall–Kier alpha value is -2.34. The molecule has 0 aliphatic carbocycles. The van der Waals surface area contributed by atoms with E-state index in [9.17, 15) is 16.8 Å². The van der Waals surface area contributed by atoms with E-state index in [1.54, 1.807) is 0 Å². The lowest BCUT2D eigenvalue weighted by Gasteiger charge is -2.01. The molecule has 0 amide bonds. The summed E-state index contributed by atoms with van der Waals surface area (Å²) in [5.41, 5.74) is 16.6. The zero-order valence-corrected chi connectivity index (χ0v) is 13.3. The van der Waals surface area contributed by atoms with Crippen molar-refractivity contribution in [3.8, 4) is 0 Å². The van der Waals surface area contributed by atoms with Gasteiger partial charge in [0.05, 0.1) is 10.6 Å². The van der Waals surface area contributed by atoms with Gasteiger partial charge in [-0.1, -0.05) is 0 Å². The molecule has 2 rings (SSSR count). The van der Waals surface area contributed by atoms with E-state index in [0.29, 0.717) is 11.4 Å². The fourth-order valence-electron chi connectivity index (χ4n) is 1.44. The monoisotopic (exact) mass is 361 g/mol. The SMILES string of the molecule is Nc1ccc(S(=O)(=O)O)c(N)c1.Nc1ccc(S(=O)(=O)O)cc1. The summed E-state index contributed by atoms with van der Waals surface area (Å²) in [6.45, 7) is 0. The van der Waals surface area contributed by atoms with E-state index in [1.807, 2.05) is 0 Å². The first kappa shape index (κ1) is 18.7. The van der Waals surface area contributed by atoms with Gasteiger partial charge < -0.3 is 17.2 Å². The average Bonchev–Trinajstić information content (AvgIpc) is 2.37. The van der Waals surface area contributed by atoms with Crippen LogP contribution in [0.15, 0.2) is 52.3 Å². The van der Waals surface area contributed by atoms with Gasteiger partial charge >= 0.3 is 0 Å². The first-order chi connectivity index (χ1) is 10.4. The smallest absolute Gasteiger partial charge is 0.296 e. The average molecular weight is 361 g/mol. The molecule has 23 heavy (non-hydrogen) atoms. The standard InChI is InChI=1S/C6H8N2O3S.C6H7NO3S/c7-4-1-2-6(5(8)3-4)12(9,10)11;7-5-1-3-6(4-2-5)11(8,9)10/h1-3H,7-8H2,(H,9,10,11);1-4H,7H2,(H,8,9,10). The third-order valence-electron chi connectivity index (χ3n) is 2.49. The summed E-state index contributed by atoms with van der Waals surface area (Å²) in [5.74, 6) is 0. The molecule has 0 atom stereocenters. The zero-order valence-electron chi connectivity index (χ0n) is 11.6. The molecule has 0 unspecified atom stereocenters. The molecule has 0 saturated carbocycles. The van der Waals surface area contributed by atoms with Crippen molar-refractivity contribution in [2.45, 2.75) is 9.79 Å². The molecule has 0 radical (unpaired) electrons. The van der Waals surface area contributed by atoms with Crippen molar-refractivity contribution in [1.29, 1.82) is 0 Å². The number of hydrogen-bond acceptors (Lipinski definition) is 7. The fraction of sp³-hybridized carbons (Fsp3) is 0. The van der Waals surface area contributed by atoms with E-state index in [2.05, 4.69) is 0 Å². The lowest BCUT2D eigenvalue weighted by atomic mass is 10.3. The molecule has 8 N–H and O–H groups in total. The normalized spacial score (nSPS) is 11.4. The Bertz CT molecular complexity index is 893. The van der Waals surface area contributed by atoms with Gasteiger partial charge in [-0.15, -0.1) is 0 Å². The van der Waals surface area contributed by atoms with Crippen LogP contribution >= 0.6 is 0 Å². The van der Waals surface area contributed by atoms with Crippen LogP contribution in [0.2, 0.25) is 0 Å². The maximum absolute atomic E-state index is 10.6. The fourth-order valence-corrected chi connectivity index (χ4v) is 2.52. The van der Waals surface area contributed by atoms with Gasteiger partial charge in [-0.05, 0) is 42.5 Å². The second-order valence-electron chi connectivity index (χ2n) is 4.32. The molecular formula is C12H15N3O6S2. The van der Waals surface area contributed by atoms with E-state index in [0.717, 1.165) is 6.07 Å². The minimum atomic E-state index is -4.23. The van der Waals surface area contributed by atoms with Crippen LogP contribution < -0.4 is 17.2 Å². The van der Waals surface area contributed by atoms with Crippen LogP contribution in [-0.2, 0) is 20.2 Å². The van der Waals surface area contributed by atoms with Crippen LogP contribution in [0.25, 0.3) is 0 Å². The third kappa shape index (κ3) is 5.75. The molecule has 2 aromatic carbocycles. The van der Waals surface area contributed by atoms with Gasteiger partial charge in [-0.3, -0.25) is 9.11 Å². The van der Waals surface area contributed by atoms with E-state index < -0.39 is 20.2 Å². The lowest BCUT2D eigenvalue weighted by molar-refractivity contribution is 0.481. The van der Waals surface area contributed by atoms with E-state index in [-0.39, 0.29) is 15.5 Å². The largest absolute Gasteiger partial charge is 0.399 e. The molecule has 2 aromatic rings. The van der Waals surface area contributed by atoms with Crippen molar-refractivity contribution in [2.75, 3.05) is 17.2 Å². The molecule has 9 nitrogen and oxygen atoms in total. The van der Waals surface area contributed by atoms with Gasteiger partial charge in [0.2, 0.25) is 0 Å². The number of hydrogen-bond donors (Lipinski definition) is 5. The molecule has 0 aromatic heterocycles.